The molecule has 1 aliphatic carbocycles. The standard InChI is InChI=1S/C21H22F3N5O2.2CH4/c1-31-19-11-13(9-10-25-19)20(30)27-15-7-5-14(6-8-15)26-17-3-2-4-18-28-16(12-29(17)18)21(22,23)24;;/h2-4,9-12,14-15,26H,5-8H2,1H3,(H,27,30);2*1H4. The molecular weight excluding hydrogens is 435 g/mol. The predicted molar refractivity (Wildman–Crippen MR) is 122 cm³/mol. The van der Waals surface area contributed by atoms with Gasteiger partial charge in [-0.2, -0.15) is 13.2 Å². The summed E-state index contributed by atoms with van der Waals surface area (Å²) in [5, 5.41) is 6.36. The molecule has 4 rings (SSSR count). The van der Waals surface area contributed by atoms with Crippen LogP contribution in [0.5, 0.6) is 5.88 Å². The summed E-state index contributed by atoms with van der Waals surface area (Å²) in [6.45, 7) is 0. The van der Waals surface area contributed by atoms with Crippen molar-refractivity contribution in [2.24, 2.45) is 0 Å². The van der Waals surface area contributed by atoms with Gasteiger partial charge in [0.1, 0.15) is 11.5 Å². The summed E-state index contributed by atoms with van der Waals surface area (Å²) >= 11 is 0. The third-order valence-electron chi connectivity index (χ3n) is 5.40. The maximum absolute atomic E-state index is 13.0. The van der Waals surface area contributed by atoms with Crippen molar-refractivity contribution in [2.75, 3.05) is 12.4 Å². The Balaban J connectivity index is 0.00000193. The molecule has 0 aliphatic heterocycles. The summed E-state index contributed by atoms with van der Waals surface area (Å²) in [4.78, 5) is 20.1. The molecule has 0 spiro atoms. The Labute approximate surface area is 191 Å². The Morgan fingerprint density at radius 3 is 2.48 bits per heavy atom. The maximum atomic E-state index is 13.0. The molecule has 0 aromatic carbocycles. The Hall–Kier alpha value is -3.30. The van der Waals surface area contributed by atoms with Crippen LogP contribution in [-0.2, 0) is 6.18 Å². The Morgan fingerprint density at radius 2 is 1.82 bits per heavy atom. The SMILES string of the molecule is C.C.COc1cc(C(=O)NC2CCC(Nc3cccc4nc(C(F)(F)F)cn34)CC2)ccn1. The lowest BCUT2D eigenvalue weighted by atomic mass is 9.91. The van der Waals surface area contributed by atoms with Gasteiger partial charge < -0.3 is 15.4 Å². The van der Waals surface area contributed by atoms with Gasteiger partial charge in [0.15, 0.2) is 5.69 Å². The van der Waals surface area contributed by atoms with E-state index in [9.17, 15) is 18.0 Å². The summed E-state index contributed by atoms with van der Waals surface area (Å²) < 4.78 is 45.4. The van der Waals surface area contributed by atoms with Gasteiger partial charge in [-0.05, 0) is 43.9 Å². The van der Waals surface area contributed by atoms with Gasteiger partial charge in [0.05, 0.1) is 7.11 Å². The Morgan fingerprint density at radius 1 is 1.12 bits per heavy atom. The van der Waals surface area contributed by atoms with Gasteiger partial charge in [-0.3, -0.25) is 9.20 Å². The molecule has 7 nitrogen and oxygen atoms in total. The van der Waals surface area contributed by atoms with Gasteiger partial charge >= 0.3 is 6.18 Å². The normalized spacial score (nSPS) is 18.1. The first-order valence-corrected chi connectivity index (χ1v) is 9.96. The van der Waals surface area contributed by atoms with E-state index in [1.54, 1.807) is 30.3 Å². The number of rotatable bonds is 5. The number of aromatic nitrogens is 3. The molecule has 10 heteroatoms. The minimum atomic E-state index is -4.49. The molecule has 2 N–H and O–H groups in total. The van der Waals surface area contributed by atoms with Gasteiger partial charge in [-0.1, -0.05) is 20.9 Å². The zero-order valence-corrected chi connectivity index (χ0v) is 16.8. The fourth-order valence-corrected chi connectivity index (χ4v) is 3.79. The molecule has 0 atom stereocenters. The first kappa shape index (κ1) is 26.0. The van der Waals surface area contributed by atoms with Crippen LogP contribution in [0.1, 0.15) is 56.6 Å². The van der Waals surface area contributed by atoms with Crippen molar-refractivity contribution >= 4 is 17.4 Å². The van der Waals surface area contributed by atoms with Crippen LogP contribution in [0.15, 0.2) is 42.7 Å². The number of imidazole rings is 1. The number of nitrogens with one attached hydrogen (secondary N) is 2. The highest BCUT2D eigenvalue weighted by atomic mass is 19.4. The van der Waals surface area contributed by atoms with Crippen LogP contribution in [0, 0.1) is 0 Å². The van der Waals surface area contributed by atoms with Crippen LogP contribution in [0.25, 0.3) is 5.65 Å². The van der Waals surface area contributed by atoms with Crippen LogP contribution in [-0.4, -0.2) is 39.5 Å². The topological polar surface area (TPSA) is 80.5 Å². The van der Waals surface area contributed by atoms with E-state index in [4.69, 9.17) is 4.74 Å². The van der Waals surface area contributed by atoms with Gasteiger partial charge in [0, 0.05) is 36.1 Å². The summed E-state index contributed by atoms with van der Waals surface area (Å²) in [6, 6.07) is 8.30. The van der Waals surface area contributed by atoms with E-state index in [2.05, 4.69) is 20.6 Å². The first-order valence-electron chi connectivity index (χ1n) is 9.96. The van der Waals surface area contributed by atoms with Crippen molar-refractivity contribution in [1.29, 1.82) is 0 Å². The maximum Gasteiger partial charge on any atom is 0.434 e. The number of pyridine rings is 2. The van der Waals surface area contributed by atoms with Crippen molar-refractivity contribution in [1.82, 2.24) is 19.7 Å². The van der Waals surface area contributed by atoms with E-state index in [-0.39, 0.29) is 38.5 Å². The van der Waals surface area contributed by atoms with Crippen molar-refractivity contribution in [3.8, 4) is 5.88 Å². The third-order valence-corrected chi connectivity index (χ3v) is 5.40. The fourth-order valence-electron chi connectivity index (χ4n) is 3.79. The number of amides is 1. The molecule has 3 aromatic rings. The molecule has 180 valence electrons. The zero-order chi connectivity index (χ0) is 22.0. The average molecular weight is 466 g/mol. The lowest BCUT2D eigenvalue weighted by Crippen LogP contribution is -2.40. The third kappa shape index (κ3) is 5.94. The second-order valence-electron chi connectivity index (χ2n) is 7.52. The van der Waals surface area contributed by atoms with Gasteiger partial charge in [-0.15, -0.1) is 0 Å². The lowest BCUT2D eigenvalue weighted by Gasteiger charge is -2.30. The average Bonchev–Trinajstić information content (AvgIpc) is 3.21. The monoisotopic (exact) mass is 465 g/mol. The van der Waals surface area contributed by atoms with Crippen LogP contribution >= 0.6 is 0 Å². The van der Waals surface area contributed by atoms with Gasteiger partial charge in [0.25, 0.3) is 5.91 Å². The van der Waals surface area contributed by atoms with Crippen LogP contribution in [0.4, 0.5) is 19.0 Å². The molecular formula is C23H30F3N5O2. The Kier molecular flexibility index (Phi) is 8.29. The summed E-state index contributed by atoms with van der Waals surface area (Å²) in [5.74, 6) is 0.764. The summed E-state index contributed by atoms with van der Waals surface area (Å²) in [5.41, 5.74) is -0.189. The number of alkyl halides is 3. The predicted octanol–water partition coefficient (Wildman–Crippen LogP) is 5.18. The first-order chi connectivity index (χ1) is 14.8. The molecule has 0 saturated heterocycles. The highest BCUT2D eigenvalue weighted by molar-refractivity contribution is 5.94. The molecule has 0 unspecified atom stereocenters. The number of nitrogens with zero attached hydrogens (tertiary/aromatic N) is 3. The zero-order valence-electron chi connectivity index (χ0n) is 16.8. The summed E-state index contributed by atoms with van der Waals surface area (Å²) in [6.07, 6.45) is 1.13. The number of methoxy groups -OCH3 is 1. The van der Waals surface area contributed by atoms with Crippen LogP contribution in [0.3, 0.4) is 0 Å². The summed E-state index contributed by atoms with van der Waals surface area (Å²) in [7, 11) is 1.49. The number of anilines is 1. The number of fused-ring (bicyclic) bond motifs is 1. The van der Waals surface area contributed by atoms with E-state index in [0.29, 0.717) is 17.3 Å². The van der Waals surface area contributed by atoms with Crippen LogP contribution < -0.4 is 15.4 Å². The molecule has 1 amide bonds. The van der Waals surface area contributed by atoms with Gasteiger partial charge in [-0.25, -0.2) is 9.97 Å². The molecule has 3 aromatic heterocycles. The number of carbonyl (C=O) groups excluding carboxylic acids is 1. The molecule has 0 bridgehead atoms. The smallest absolute Gasteiger partial charge is 0.434 e. The largest absolute Gasteiger partial charge is 0.481 e. The lowest BCUT2D eigenvalue weighted by molar-refractivity contribution is -0.140. The second kappa shape index (κ2) is 10.5. The van der Waals surface area contributed by atoms with E-state index >= 15 is 0 Å². The van der Waals surface area contributed by atoms with Crippen molar-refractivity contribution < 1.29 is 22.7 Å². The highest BCUT2D eigenvalue weighted by Crippen LogP contribution is 2.30. The van der Waals surface area contributed by atoms with E-state index in [1.807, 2.05) is 0 Å². The highest BCUT2D eigenvalue weighted by Gasteiger charge is 2.34. The van der Waals surface area contributed by atoms with Crippen molar-refractivity contribution in [2.45, 2.75) is 58.8 Å². The van der Waals surface area contributed by atoms with Crippen molar-refractivity contribution in [3.63, 3.8) is 0 Å². The number of carbonyl (C=O) groups is 1. The molecule has 0 radical (unpaired) electrons. The number of hydrogen-bond donors (Lipinski definition) is 2. The number of ether oxygens (including phenoxy) is 1. The Bertz CT molecular complexity index is 1080. The van der Waals surface area contributed by atoms with Crippen molar-refractivity contribution in [3.05, 3.63) is 54.0 Å². The molecule has 1 saturated carbocycles. The minimum Gasteiger partial charge on any atom is -0.481 e. The van der Waals surface area contributed by atoms with Crippen LogP contribution in [0.2, 0.25) is 0 Å². The second-order valence-corrected chi connectivity index (χ2v) is 7.52. The quantitative estimate of drug-likeness (QED) is 0.543. The van der Waals surface area contributed by atoms with E-state index < -0.39 is 11.9 Å². The number of halogens is 3. The van der Waals surface area contributed by atoms with E-state index in [0.717, 1.165) is 31.9 Å². The van der Waals surface area contributed by atoms with E-state index in [1.165, 1.54) is 17.7 Å². The molecule has 33 heavy (non-hydrogen) atoms. The fraction of sp³-hybridized carbons (Fsp3) is 0.435. The van der Waals surface area contributed by atoms with Gasteiger partial charge in [0.2, 0.25) is 5.88 Å². The number of hydrogen-bond acceptors (Lipinski definition) is 5. The molecule has 3 heterocycles. The molecule has 1 fully saturated rings. The minimum absolute atomic E-state index is 0. The molecule has 1 aliphatic rings.